The number of rotatable bonds is 3. The van der Waals surface area contributed by atoms with E-state index in [9.17, 15) is 8.78 Å². The summed E-state index contributed by atoms with van der Waals surface area (Å²) in [5, 5.41) is 0. The number of hydrogen-bond donors (Lipinski definition) is 1. The van der Waals surface area contributed by atoms with Gasteiger partial charge in [0.25, 0.3) is 5.92 Å². The first-order valence-corrected chi connectivity index (χ1v) is 5.47. The van der Waals surface area contributed by atoms with E-state index in [4.69, 9.17) is 5.73 Å². The molecule has 94 valence electrons. The average Bonchev–Trinajstić information content (AvgIpc) is 2.27. The Balaban J connectivity index is 2.63. The lowest BCUT2D eigenvalue weighted by atomic mass is 10.1. The van der Waals surface area contributed by atoms with Crippen molar-refractivity contribution in [2.75, 3.05) is 5.73 Å². The van der Waals surface area contributed by atoms with Crippen LogP contribution < -0.4 is 5.73 Å². The highest BCUT2D eigenvalue weighted by atomic mass is 19.3. The molecule has 0 radical (unpaired) electrons. The predicted molar refractivity (Wildman–Crippen MR) is 67.4 cm³/mol. The predicted octanol–water partition coefficient (Wildman–Crippen LogP) is 3.19. The van der Waals surface area contributed by atoms with E-state index < -0.39 is 18.0 Å². The van der Waals surface area contributed by atoms with Gasteiger partial charge in [0.15, 0.2) is 11.5 Å². The van der Waals surface area contributed by atoms with Crippen LogP contribution in [0.5, 0.6) is 0 Å². The number of aryl methyl sites for hydroxylation is 1. The number of nitrogens with zero attached hydrogens (tertiary/aromatic N) is 2. The molecule has 1 heterocycles. The van der Waals surface area contributed by atoms with Crippen LogP contribution in [0.3, 0.4) is 0 Å². The molecule has 3 nitrogen and oxygen atoms in total. The molecule has 0 amide bonds. The van der Waals surface area contributed by atoms with Crippen LogP contribution in [-0.2, 0) is 5.92 Å². The number of alkyl halides is 2. The first-order valence-electron chi connectivity index (χ1n) is 5.47. The Morgan fingerprint density at radius 1 is 1.33 bits per heavy atom. The summed E-state index contributed by atoms with van der Waals surface area (Å²) in [6.07, 6.45) is 0.629. The van der Waals surface area contributed by atoms with Crippen LogP contribution >= 0.6 is 0 Å². The number of allylic oxidation sites excluding steroid dienone is 1. The lowest BCUT2D eigenvalue weighted by Gasteiger charge is -2.15. The van der Waals surface area contributed by atoms with Crippen LogP contribution in [-0.4, -0.2) is 9.97 Å². The molecule has 5 heteroatoms. The molecular formula is C13H13F2N3. The van der Waals surface area contributed by atoms with E-state index in [1.54, 1.807) is 18.2 Å². The molecule has 0 spiro atoms. The molecule has 0 fully saturated rings. The molecule has 0 unspecified atom stereocenters. The highest BCUT2D eigenvalue weighted by Crippen LogP contribution is 2.34. The molecule has 18 heavy (non-hydrogen) atoms. The van der Waals surface area contributed by atoms with Crippen molar-refractivity contribution in [3.05, 3.63) is 42.1 Å². The van der Waals surface area contributed by atoms with E-state index in [2.05, 4.69) is 16.5 Å². The SMILES string of the molecule is C=CCC(F)(F)c1nc2ccc(C)cc2nc1N. The van der Waals surface area contributed by atoms with Crippen molar-refractivity contribution in [1.82, 2.24) is 9.97 Å². The Kier molecular flexibility index (Phi) is 2.98. The van der Waals surface area contributed by atoms with E-state index in [-0.39, 0.29) is 5.82 Å². The molecule has 2 N–H and O–H groups in total. The zero-order valence-corrected chi connectivity index (χ0v) is 9.95. The molecule has 0 saturated carbocycles. The van der Waals surface area contributed by atoms with Gasteiger partial charge in [-0.25, -0.2) is 9.97 Å². The maximum atomic E-state index is 13.8. The molecule has 2 aromatic rings. The minimum absolute atomic E-state index is 0.236. The summed E-state index contributed by atoms with van der Waals surface area (Å²) in [6.45, 7) is 5.19. The number of benzene rings is 1. The van der Waals surface area contributed by atoms with Crippen molar-refractivity contribution >= 4 is 16.9 Å². The van der Waals surface area contributed by atoms with Gasteiger partial charge in [-0.15, -0.1) is 6.58 Å². The summed E-state index contributed by atoms with van der Waals surface area (Å²) >= 11 is 0. The molecular weight excluding hydrogens is 236 g/mol. The van der Waals surface area contributed by atoms with Crippen LogP contribution in [0.1, 0.15) is 17.7 Å². The molecule has 0 aliphatic heterocycles. The number of anilines is 1. The third-order valence-corrected chi connectivity index (χ3v) is 2.59. The van der Waals surface area contributed by atoms with Crippen molar-refractivity contribution < 1.29 is 8.78 Å². The fourth-order valence-corrected chi connectivity index (χ4v) is 1.73. The number of aromatic nitrogens is 2. The number of fused-ring (bicyclic) bond motifs is 1. The van der Waals surface area contributed by atoms with Crippen molar-refractivity contribution in [3.63, 3.8) is 0 Å². The van der Waals surface area contributed by atoms with Crippen LogP contribution in [0.2, 0.25) is 0 Å². The lowest BCUT2D eigenvalue weighted by Crippen LogP contribution is -2.18. The summed E-state index contributed by atoms with van der Waals surface area (Å²) in [4.78, 5) is 7.91. The normalized spacial score (nSPS) is 11.7. The Hall–Kier alpha value is -2.04. The number of hydrogen-bond acceptors (Lipinski definition) is 3. The van der Waals surface area contributed by atoms with Gasteiger partial charge in [-0.1, -0.05) is 12.1 Å². The van der Waals surface area contributed by atoms with E-state index in [0.29, 0.717) is 11.0 Å². The van der Waals surface area contributed by atoms with Gasteiger partial charge in [0, 0.05) is 6.42 Å². The van der Waals surface area contributed by atoms with Gasteiger partial charge in [-0.05, 0) is 24.6 Å². The molecule has 0 atom stereocenters. The number of halogens is 2. The third-order valence-electron chi connectivity index (χ3n) is 2.59. The Labute approximate surface area is 103 Å². The smallest absolute Gasteiger partial charge is 0.296 e. The van der Waals surface area contributed by atoms with E-state index in [1.807, 2.05) is 6.92 Å². The average molecular weight is 249 g/mol. The Morgan fingerprint density at radius 2 is 2.06 bits per heavy atom. The van der Waals surface area contributed by atoms with Gasteiger partial charge < -0.3 is 5.73 Å². The van der Waals surface area contributed by atoms with E-state index >= 15 is 0 Å². The van der Waals surface area contributed by atoms with Gasteiger partial charge in [0.05, 0.1) is 11.0 Å². The van der Waals surface area contributed by atoms with Crippen LogP contribution in [0.15, 0.2) is 30.9 Å². The Morgan fingerprint density at radius 3 is 2.72 bits per heavy atom. The molecule has 1 aromatic heterocycles. The summed E-state index contributed by atoms with van der Waals surface area (Å²) in [6, 6.07) is 5.21. The van der Waals surface area contributed by atoms with E-state index in [1.165, 1.54) is 0 Å². The topological polar surface area (TPSA) is 51.8 Å². The highest BCUT2D eigenvalue weighted by Gasteiger charge is 2.35. The third kappa shape index (κ3) is 2.16. The van der Waals surface area contributed by atoms with E-state index in [0.717, 1.165) is 11.6 Å². The first-order chi connectivity index (χ1) is 8.44. The molecule has 0 saturated heterocycles. The van der Waals surface area contributed by atoms with Crippen LogP contribution in [0, 0.1) is 6.92 Å². The van der Waals surface area contributed by atoms with Gasteiger partial charge >= 0.3 is 0 Å². The highest BCUT2D eigenvalue weighted by molar-refractivity contribution is 5.77. The van der Waals surface area contributed by atoms with Crippen molar-refractivity contribution in [2.24, 2.45) is 0 Å². The first kappa shape index (κ1) is 12.4. The van der Waals surface area contributed by atoms with Gasteiger partial charge in [-0.2, -0.15) is 8.78 Å². The molecule has 0 aliphatic rings. The second kappa shape index (κ2) is 4.33. The zero-order chi connectivity index (χ0) is 13.3. The van der Waals surface area contributed by atoms with Gasteiger partial charge in [0.1, 0.15) is 0 Å². The molecule has 1 aromatic carbocycles. The minimum Gasteiger partial charge on any atom is -0.382 e. The summed E-state index contributed by atoms with van der Waals surface area (Å²) in [5.41, 5.74) is 6.98. The second-order valence-corrected chi connectivity index (χ2v) is 4.15. The zero-order valence-electron chi connectivity index (χ0n) is 9.95. The van der Waals surface area contributed by atoms with Crippen molar-refractivity contribution in [2.45, 2.75) is 19.3 Å². The quantitative estimate of drug-likeness (QED) is 0.850. The fraction of sp³-hybridized carbons (Fsp3) is 0.231. The summed E-state index contributed by atoms with van der Waals surface area (Å²) in [5.74, 6) is -3.38. The van der Waals surface area contributed by atoms with Gasteiger partial charge in [0.2, 0.25) is 0 Å². The maximum Gasteiger partial charge on any atom is 0.296 e. The fourth-order valence-electron chi connectivity index (χ4n) is 1.73. The molecule has 0 aliphatic carbocycles. The molecule has 0 bridgehead atoms. The molecule has 2 rings (SSSR count). The second-order valence-electron chi connectivity index (χ2n) is 4.15. The maximum absolute atomic E-state index is 13.8. The number of nitrogens with two attached hydrogens (primary N) is 1. The summed E-state index contributed by atoms with van der Waals surface area (Å²) in [7, 11) is 0. The largest absolute Gasteiger partial charge is 0.382 e. The number of nitrogen functional groups attached to an aromatic ring is 1. The van der Waals surface area contributed by atoms with Gasteiger partial charge in [-0.3, -0.25) is 0 Å². The summed E-state index contributed by atoms with van der Waals surface area (Å²) < 4.78 is 27.5. The Bertz CT molecular complexity index is 608. The van der Waals surface area contributed by atoms with Crippen molar-refractivity contribution in [3.8, 4) is 0 Å². The van der Waals surface area contributed by atoms with Crippen molar-refractivity contribution in [1.29, 1.82) is 0 Å². The lowest BCUT2D eigenvalue weighted by molar-refractivity contribution is -0.00449. The van der Waals surface area contributed by atoms with Crippen LogP contribution in [0.25, 0.3) is 11.0 Å². The monoisotopic (exact) mass is 249 g/mol. The minimum atomic E-state index is -3.14. The standard InChI is InChI=1S/C13H13F2N3/c1-3-6-13(14,15)11-12(16)18-10-7-8(2)4-5-9(10)17-11/h3-5,7H,1,6H2,2H3,(H2,16,18). The van der Waals surface area contributed by atoms with Crippen LogP contribution in [0.4, 0.5) is 14.6 Å².